The molecule has 0 aliphatic carbocycles. The molecular weight excluding hydrogens is 492 g/mol. The number of amides is 1. The van der Waals surface area contributed by atoms with Crippen LogP contribution >= 0.6 is 0 Å². The van der Waals surface area contributed by atoms with E-state index in [1.165, 1.54) is 19.9 Å². The molecule has 1 amide bonds. The van der Waals surface area contributed by atoms with Gasteiger partial charge in [0.2, 0.25) is 5.88 Å². The fourth-order valence-electron chi connectivity index (χ4n) is 3.48. The molecule has 13 nitrogen and oxygen atoms in total. The van der Waals surface area contributed by atoms with Gasteiger partial charge < -0.3 is 10.8 Å². The van der Waals surface area contributed by atoms with Crippen molar-refractivity contribution >= 4 is 48.3 Å². The number of benzene rings is 2. The molecule has 3 rings (SSSR count). The van der Waals surface area contributed by atoms with E-state index in [2.05, 4.69) is 10.2 Å². The third kappa shape index (κ3) is 4.28. The first-order valence-electron chi connectivity index (χ1n) is 9.38. The molecule has 5 N–H and O–H groups in total. The molecule has 180 valence electrons. The minimum Gasteiger partial charge on any atom is -0.494 e. The van der Waals surface area contributed by atoms with Gasteiger partial charge in [-0.3, -0.25) is 23.3 Å². The number of hydrogen-bond acceptors (Lipinski definition) is 9. The molecule has 0 radical (unpaired) electrons. The minimum absolute atomic E-state index is 0.0571. The number of azo groups is 1. The summed E-state index contributed by atoms with van der Waals surface area (Å²) in [4.78, 5) is 23.1. The molecule has 0 fully saturated rings. The summed E-state index contributed by atoms with van der Waals surface area (Å²) < 4.78 is 67.6. The van der Waals surface area contributed by atoms with Gasteiger partial charge in [0, 0.05) is 22.9 Å². The Morgan fingerprint density at radius 3 is 2.21 bits per heavy atom. The second kappa shape index (κ2) is 8.60. The molecule has 0 unspecified atom stereocenters. The highest BCUT2D eigenvalue weighted by Gasteiger charge is 2.25. The summed E-state index contributed by atoms with van der Waals surface area (Å²) in [6, 6.07) is 5.49. The molecule has 1 heterocycles. The van der Waals surface area contributed by atoms with Crippen molar-refractivity contribution in [2.24, 2.45) is 16.0 Å². The number of fused-ring (bicyclic) bond motifs is 1. The van der Waals surface area contributed by atoms with Crippen LogP contribution in [0.25, 0.3) is 10.8 Å². The first-order valence-corrected chi connectivity index (χ1v) is 12.3. The van der Waals surface area contributed by atoms with Crippen LogP contribution < -0.4 is 11.3 Å². The zero-order valence-electron chi connectivity index (χ0n) is 17.6. The fraction of sp³-hybridized carbons (Fsp3) is 0.158. The van der Waals surface area contributed by atoms with Gasteiger partial charge in [-0.05, 0) is 26.0 Å². The number of nitrogens with zero attached hydrogens (tertiary/aromatic N) is 3. The highest BCUT2D eigenvalue weighted by Crippen LogP contribution is 2.36. The zero-order chi connectivity index (χ0) is 25.6. The van der Waals surface area contributed by atoms with Gasteiger partial charge in [0.15, 0.2) is 5.69 Å². The zero-order valence-corrected chi connectivity index (χ0v) is 19.3. The largest absolute Gasteiger partial charge is 0.494 e. The minimum atomic E-state index is -5.02. The van der Waals surface area contributed by atoms with E-state index in [1.807, 2.05) is 0 Å². The Morgan fingerprint density at radius 1 is 1.03 bits per heavy atom. The van der Waals surface area contributed by atoms with Gasteiger partial charge >= 0.3 is 0 Å². The Morgan fingerprint density at radius 2 is 1.68 bits per heavy atom. The van der Waals surface area contributed by atoms with Gasteiger partial charge in [0.1, 0.15) is 21.0 Å². The smallest absolute Gasteiger partial charge is 0.297 e. The first-order chi connectivity index (χ1) is 15.7. The third-order valence-corrected chi connectivity index (χ3v) is 6.82. The summed E-state index contributed by atoms with van der Waals surface area (Å²) in [5.41, 5.74) is 3.03. The summed E-state index contributed by atoms with van der Waals surface area (Å²) in [5, 5.41) is 17.2. The van der Waals surface area contributed by atoms with Crippen molar-refractivity contribution in [3.8, 4) is 5.88 Å². The molecule has 15 heteroatoms. The Labute approximate surface area is 192 Å². The highest BCUT2D eigenvalue weighted by atomic mass is 32.2. The van der Waals surface area contributed by atoms with Crippen LogP contribution in [0.1, 0.15) is 22.8 Å². The van der Waals surface area contributed by atoms with E-state index in [-0.39, 0.29) is 28.4 Å². The van der Waals surface area contributed by atoms with Crippen LogP contribution in [-0.2, 0) is 26.8 Å². The number of hydrogen-bond donors (Lipinski definition) is 4. The van der Waals surface area contributed by atoms with Crippen molar-refractivity contribution in [2.45, 2.75) is 30.2 Å². The topological polar surface area (TPSA) is 219 Å². The Kier molecular flexibility index (Phi) is 6.32. The lowest BCUT2D eigenvalue weighted by molar-refractivity contribution is 0.0995. The molecule has 0 aliphatic rings. The van der Waals surface area contributed by atoms with Gasteiger partial charge in [-0.25, -0.2) is 0 Å². The van der Waals surface area contributed by atoms with Gasteiger partial charge in [-0.15, -0.1) is 10.2 Å². The van der Waals surface area contributed by atoms with Crippen LogP contribution in [0.3, 0.4) is 0 Å². The average molecular weight is 511 g/mol. The van der Waals surface area contributed by atoms with Crippen molar-refractivity contribution in [3.05, 3.63) is 51.8 Å². The Balaban J connectivity index is 2.37. The van der Waals surface area contributed by atoms with E-state index in [4.69, 9.17) is 5.73 Å². The highest BCUT2D eigenvalue weighted by molar-refractivity contribution is 7.86. The van der Waals surface area contributed by atoms with Crippen LogP contribution in [0.4, 0.5) is 11.4 Å². The molecule has 2 aromatic carbocycles. The number of aromatic hydroxyl groups is 1. The van der Waals surface area contributed by atoms with Crippen LogP contribution in [0.2, 0.25) is 0 Å². The van der Waals surface area contributed by atoms with Crippen molar-refractivity contribution in [2.75, 3.05) is 0 Å². The SMILES string of the molecule is CCn1c(O)c(C(N)=O)c(C)c(N=Nc2ccc3c(S(=O)(=O)O)cccc3c2S(=O)(=O)O)c1=O. The maximum absolute atomic E-state index is 12.7. The fourth-order valence-corrected chi connectivity index (χ4v) is 5.02. The quantitative estimate of drug-likeness (QED) is 0.281. The Hall–Kier alpha value is -3.66. The molecule has 3 aromatic rings. The summed E-state index contributed by atoms with van der Waals surface area (Å²) >= 11 is 0. The van der Waals surface area contributed by atoms with Crippen LogP contribution in [0, 0.1) is 6.92 Å². The Bertz CT molecular complexity index is 1660. The van der Waals surface area contributed by atoms with Crippen molar-refractivity contribution in [3.63, 3.8) is 0 Å². The summed E-state index contributed by atoms with van der Waals surface area (Å²) in [5.74, 6) is -1.71. The van der Waals surface area contributed by atoms with E-state index in [1.54, 1.807) is 0 Å². The molecule has 0 atom stereocenters. The molecular formula is C19H18N4O9S2. The average Bonchev–Trinajstić information content (AvgIpc) is 2.71. The van der Waals surface area contributed by atoms with Gasteiger partial charge in [-0.1, -0.05) is 18.2 Å². The van der Waals surface area contributed by atoms with E-state index >= 15 is 0 Å². The number of carbonyl (C=O) groups excluding carboxylic acids is 1. The number of primary amides is 1. The maximum atomic E-state index is 12.7. The third-order valence-electron chi connectivity index (χ3n) is 4.96. The molecule has 0 saturated heterocycles. The lowest BCUT2D eigenvalue weighted by Gasteiger charge is -2.13. The predicted molar refractivity (Wildman–Crippen MR) is 119 cm³/mol. The molecule has 1 aromatic heterocycles. The lowest BCUT2D eigenvalue weighted by Crippen LogP contribution is -2.25. The van der Waals surface area contributed by atoms with Gasteiger partial charge in [-0.2, -0.15) is 16.8 Å². The number of nitrogens with two attached hydrogens (primary N) is 1. The van der Waals surface area contributed by atoms with Crippen molar-refractivity contribution < 1.29 is 35.8 Å². The maximum Gasteiger partial charge on any atom is 0.297 e. The van der Waals surface area contributed by atoms with Crippen LogP contribution in [-0.4, -0.2) is 41.5 Å². The molecule has 0 spiro atoms. The van der Waals surface area contributed by atoms with Crippen molar-refractivity contribution in [1.82, 2.24) is 4.57 Å². The van der Waals surface area contributed by atoms with Crippen LogP contribution in [0.5, 0.6) is 5.88 Å². The van der Waals surface area contributed by atoms with E-state index in [0.717, 1.165) is 28.8 Å². The van der Waals surface area contributed by atoms with Crippen molar-refractivity contribution in [1.29, 1.82) is 0 Å². The van der Waals surface area contributed by atoms with E-state index in [9.17, 15) is 40.6 Å². The monoisotopic (exact) mass is 510 g/mol. The number of aromatic nitrogens is 1. The normalized spacial score (nSPS) is 12.5. The molecule has 0 aliphatic heterocycles. The van der Waals surface area contributed by atoms with E-state index in [0.29, 0.717) is 0 Å². The summed E-state index contributed by atoms with van der Waals surface area (Å²) in [6.45, 7) is 2.73. The molecule has 0 saturated carbocycles. The molecule has 34 heavy (non-hydrogen) atoms. The predicted octanol–water partition coefficient (Wildman–Crippen LogP) is 2.04. The van der Waals surface area contributed by atoms with E-state index < -0.39 is 58.7 Å². The standard InChI is InChI=1S/C19H18N4O9S2/c1-3-23-18(25)14(17(20)24)9(2)15(19(23)26)22-21-12-8-7-10-11(16(12)34(30,31)32)5-4-6-13(10)33(27,28)29/h4-8,25H,3H2,1-2H3,(H2,20,24)(H,27,28,29)(H,30,31,32). The first kappa shape index (κ1) is 25.0. The summed E-state index contributed by atoms with van der Waals surface area (Å²) in [6.07, 6.45) is 0. The second-order valence-corrected chi connectivity index (χ2v) is 9.75. The molecule has 0 bridgehead atoms. The second-order valence-electron chi connectivity index (χ2n) is 7.00. The number of rotatable bonds is 6. The number of pyridine rings is 1. The van der Waals surface area contributed by atoms with Gasteiger partial charge in [0.25, 0.3) is 31.7 Å². The summed E-state index contributed by atoms with van der Waals surface area (Å²) in [7, 11) is -9.75. The number of carbonyl (C=O) groups is 1. The van der Waals surface area contributed by atoms with Crippen LogP contribution in [0.15, 0.2) is 55.1 Å². The lowest BCUT2D eigenvalue weighted by atomic mass is 10.1. The van der Waals surface area contributed by atoms with Gasteiger partial charge in [0.05, 0.1) is 0 Å².